The summed E-state index contributed by atoms with van der Waals surface area (Å²) in [5.74, 6) is 0. The zero-order valence-electron chi connectivity index (χ0n) is 18.3. The van der Waals surface area contributed by atoms with E-state index in [1.165, 1.54) is 0 Å². The lowest BCUT2D eigenvalue weighted by molar-refractivity contribution is 0.579. The zero-order valence-corrected chi connectivity index (χ0v) is 19.1. The van der Waals surface area contributed by atoms with Crippen LogP contribution in [0, 0.1) is 0 Å². The lowest BCUT2D eigenvalue weighted by Crippen LogP contribution is -2.21. The SMILES string of the molecule is CC(c1ccc(N(C)C)cc1)S(=O)(=O)C(c1ccccc1)c1ccc(N(C)C)cc1. The van der Waals surface area contributed by atoms with E-state index >= 15 is 0 Å². The quantitative estimate of drug-likeness (QED) is 0.532. The molecule has 0 aliphatic heterocycles. The Balaban J connectivity index is 2.05. The molecule has 3 aromatic rings. The average Bonchev–Trinajstić information content (AvgIpc) is 2.74. The van der Waals surface area contributed by atoms with Crippen LogP contribution in [0.4, 0.5) is 11.4 Å². The van der Waals surface area contributed by atoms with Gasteiger partial charge < -0.3 is 9.80 Å². The molecule has 0 saturated carbocycles. The molecule has 0 aromatic heterocycles. The van der Waals surface area contributed by atoms with Crippen LogP contribution in [-0.4, -0.2) is 36.6 Å². The summed E-state index contributed by atoms with van der Waals surface area (Å²) in [6, 6.07) is 25.0. The number of rotatable bonds is 7. The van der Waals surface area contributed by atoms with Gasteiger partial charge in [0.25, 0.3) is 0 Å². The Hall–Kier alpha value is -2.79. The maximum absolute atomic E-state index is 13.8. The van der Waals surface area contributed by atoms with Crippen LogP contribution in [0.15, 0.2) is 78.9 Å². The van der Waals surface area contributed by atoms with Crippen LogP contribution < -0.4 is 9.80 Å². The van der Waals surface area contributed by atoms with Gasteiger partial charge in [-0.2, -0.15) is 0 Å². The van der Waals surface area contributed by atoms with Crippen molar-refractivity contribution in [3.8, 4) is 0 Å². The van der Waals surface area contributed by atoms with Crippen LogP contribution in [0.5, 0.6) is 0 Å². The second-order valence-corrected chi connectivity index (χ2v) is 10.4. The van der Waals surface area contributed by atoms with Crippen LogP contribution in [0.1, 0.15) is 34.1 Å². The van der Waals surface area contributed by atoms with E-state index in [0.29, 0.717) is 0 Å². The summed E-state index contributed by atoms with van der Waals surface area (Å²) in [6.07, 6.45) is 0. The van der Waals surface area contributed by atoms with Gasteiger partial charge in [-0.25, -0.2) is 8.42 Å². The van der Waals surface area contributed by atoms with Gasteiger partial charge in [-0.05, 0) is 47.9 Å². The van der Waals surface area contributed by atoms with E-state index in [1.54, 1.807) is 6.92 Å². The van der Waals surface area contributed by atoms with E-state index in [-0.39, 0.29) is 0 Å². The molecule has 158 valence electrons. The summed E-state index contributed by atoms with van der Waals surface area (Å²) >= 11 is 0. The molecule has 0 bridgehead atoms. The maximum Gasteiger partial charge on any atom is 0.168 e. The minimum atomic E-state index is -3.55. The minimum absolute atomic E-state index is 0.632. The fourth-order valence-corrected chi connectivity index (χ4v) is 5.60. The maximum atomic E-state index is 13.8. The highest BCUT2D eigenvalue weighted by Crippen LogP contribution is 2.39. The van der Waals surface area contributed by atoms with E-state index in [4.69, 9.17) is 0 Å². The second kappa shape index (κ2) is 8.92. The van der Waals surface area contributed by atoms with E-state index in [9.17, 15) is 8.42 Å². The van der Waals surface area contributed by atoms with Gasteiger partial charge in [-0.15, -0.1) is 0 Å². The third-order valence-electron chi connectivity index (χ3n) is 5.51. The molecule has 0 spiro atoms. The summed E-state index contributed by atoms with van der Waals surface area (Å²) in [5.41, 5.74) is 4.44. The average molecular weight is 423 g/mol. The van der Waals surface area contributed by atoms with Gasteiger partial charge in [0.2, 0.25) is 0 Å². The molecule has 0 amide bonds. The summed E-state index contributed by atoms with van der Waals surface area (Å²) in [6.45, 7) is 1.78. The summed E-state index contributed by atoms with van der Waals surface area (Å²) in [5, 5.41) is -1.36. The molecule has 2 unspecified atom stereocenters. The third kappa shape index (κ3) is 4.51. The lowest BCUT2D eigenvalue weighted by atomic mass is 10.0. The molecular formula is C25H30N2O2S. The smallest absolute Gasteiger partial charge is 0.168 e. The van der Waals surface area contributed by atoms with Crippen molar-refractivity contribution in [2.75, 3.05) is 38.0 Å². The molecule has 0 aliphatic rings. The molecule has 2 atom stereocenters. The van der Waals surface area contributed by atoms with Gasteiger partial charge in [0.1, 0.15) is 5.25 Å². The van der Waals surface area contributed by atoms with E-state index < -0.39 is 20.3 Å². The van der Waals surface area contributed by atoms with Crippen molar-refractivity contribution in [2.24, 2.45) is 0 Å². The Bertz CT molecular complexity index is 1060. The fourth-order valence-electron chi connectivity index (χ4n) is 3.58. The number of hydrogen-bond acceptors (Lipinski definition) is 4. The monoisotopic (exact) mass is 422 g/mol. The first-order valence-electron chi connectivity index (χ1n) is 10.0. The molecule has 5 heteroatoms. The Labute approximate surface area is 180 Å². The van der Waals surface area contributed by atoms with Crippen LogP contribution in [0.2, 0.25) is 0 Å². The molecule has 0 heterocycles. The van der Waals surface area contributed by atoms with Gasteiger partial charge in [0.15, 0.2) is 9.84 Å². The summed E-state index contributed by atoms with van der Waals surface area (Å²) in [4.78, 5) is 4.01. The van der Waals surface area contributed by atoms with Crippen molar-refractivity contribution in [2.45, 2.75) is 17.4 Å². The first-order chi connectivity index (χ1) is 14.2. The van der Waals surface area contributed by atoms with Crippen LogP contribution in [0.3, 0.4) is 0 Å². The van der Waals surface area contributed by atoms with Crippen molar-refractivity contribution in [3.05, 3.63) is 95.6 Å². The van der Waals surface area contributed by atoms with Crippen LogP contribution in [0.25, 0.3) is 0 Å². The number of benzene rings is 3. The normalized spacial score (nSPS) is 13.5. The molecule has 0 fully saturated rings. The standard InChI is InChI=1S/C25H30N2O2S/c1-19(20-11-15-23(16-12-20)26(2)3)30(28,29)25(21-9-7-6-8-10-21)22-13-17-24(18-14-22)27(4)5/h6-19,25H,1-5H3. The minimum Gasteiger partial charge on any atom is -0.378 e. The largest absolute Gasteiger partial charge is 0.378 e. The van der Waals surface area contributed by atoms with Gasteiger partial charge in [0.05, 0.1) is 5.25 Å². The molecule has 0 aliphatic carbocycles. The molecule has 0 saturated heterocycles. The van der Waals surface area contributed by atoms with Gasteiger partial charge >= 0.3 is 0 Å². The fraction of sp³-hybridized carbons (Fsp3) is 0.280. The number of anilines is 2. The molecule has 30 heavy (non-hydrogen) atoms. The van der Waals surface area contributed by atoms with Crippen LogP contribution >= 0.6 is 0 Å². The van der Waals surface area contributed by atoms with E-state index in [2.05, 4.69) is 0 Å². The predicted molar refractivity (Wildman–Crippen MR) is 127 cm³/mol. The molecule has 3 rings (SSSR count). The Kier molecular flexibility index (Phi) is 6.52. The van der Waals surface area contributed by atoms with Crippen molar-refractivity contribution in [1.29, 1.82) is 0 Å². The number of sulfone groups is 1. The van der Waals surface area contributed by atoms with Crippen LogP contribution in [-0.2, 0) is 9.84 Å². The highest BCUT2D eigenvalue weighted by Gasteiger charge is 2.34. The molecule has 0 N–H and O–H groups in total. The van der Waals surface area contributed by atoms with Gasteiger partial charge in [0, 0.05) is 39.6 Å². The lowest BCUT2D eigenvalue weighted by Gasteiger charge is -2.24. The topological polar surface area (TPSA) is 40.6 Å². The summed E-state index contributed by atoms with van der Waals surface area (Å²) < 4.78 is 27.7. The zero-order chi connectivity index (χ0) is 21.9. The Morgan fingerprint density at radius 3 is 1.43 bits per heavy atom. The van der Waals surface area contributed by atoms with Crippen molar-refractivity contribution >= 4 is 21.2 Å². The first-order valence-corrected chi connectivity index (χ1v) is 11.6. The molecule has 3 aromatic carbocycles. The highest BCUT2D eigenvalue weighted by atomic mass is 32.2. The Morgan fingerprint density at radius 2 is 1.00 bits per heavy atom. The third-order valence-corrected chi connectivity index (χ3v) is 7.97. The molecular weight excluding hydrogens is 392 g/mol. The molecule has 0 radical (unpaired) electrons. The van der Waals surface area contributed by atoms with Crippen molar-refractivity contribution in [3.63, 3.8) is 0 Å². The van der Waals surface area contributed by atoms with E-state index in [1.807, 2.05) is 117 Å². The predicted octanol–water partition coefficient (Wildman–Crippen LogP) is 5.08. The van der Waals surface area contributed by atoms with Crippen molar-refractivity contribution < 1.29 is 8.42 Å². The Morgan fingerprint density at radius 1 is 0.600 bits per heavy atom. The highest BCUT2D eigenvalue weighted by molar-refractivity contribution is 7.92. The number of hydrogen-bond donors (Lipinski definition) is 0. The summed E-state index contributed by atoms with van der Waals surface area (Å²) in [7, 11) is 4.33. The molecule has 4 nitrogen and oxygen atoms in total. The first kappa shape index (κ1) is 21.9. The van der Waals surface area contributed by atoms with E-state index in [0.717, 1.165) is 28.1 Å². The van der Waals surface area contributed by atoms with Gasteiger partial charge in [-0.3, -0.25) is 0 Å². The number of nitrogens with zero attached hydrogens (tertiary/aromatic N) is 2. The second-order valence-electron chi connectivity index (χ2n) is 7.99. The van der Waals surface area contributed by atoms with Crippen molar-refractivity contribution in [1.82, 2.24) is 0 Å². The van der Waals surface area contributed by atoms with Gasteiger partial charge in [-0.1, -0.05) is 54.6 Å².